The van der Waals surface area contributed by atoms with E-state index in [9.17, 15) is 0 Å². The maximum absolute atomic E-state index is 3.99. The lowest BCUT2D eigenvalue weighted by molar-refractivity contribution is 0.613. The van der Waals surface area contributed by atoms with Crippen LogP contribution in [0.2, 0.25) is 0 Å². The molecule has 0 fully saturated rings. The molecular weight excluding hydrogens is 597 g/mol. The second-order valence-electron chi connectivity index (χ2n) is 11.9. The smallest absolute Gasteiger partial charge is 0.0861 e. The molecule has 2 aromatic heterocycles. The molecule has 2 nitrogen and oxygen atoms in total. The third-order valence-electron chi connectivity index (χ3n) is 9.08. The van der Waals surface area contributed by atoms with Crippen molar-refractivity contribution in [3.63, 3.8) is 0 Å². The first-order valence-corrected chi connectivity index (χ1v) is 17.3. The first kappa shape index (κ1) is 27.2. The largest absolute Gasteiger partial charge is 0.372 e. The highest BCUT2D eigenvalue weighted by Crippen LogP contribution is 2.46. The predicted molar refractivity (Wildman–Crippen MR) is 200 cm³/mol. The summed E-state index contributed by atoms with van der Waals surface area (Å²) in [7, 11) is 0. The average molecular weight is 627 g/mol. The fourth-order valence-electron chi connectivity index (χ4n) is 6.89. The lowest BCUT2D eigenvalue weighted by Gasteiger charge is -2.36. The van der Waals surface area contributed by atoms with Gasteiger partial charge in [-0.15, -0.1) is 22.7 Å². The van der Waals surface area contributed by atoms with Gasteiger partial charge in [-0.1, -0.05) is 91.0 Å². The summed E-state index contributed by atoms with van der Waals surface area (Å²) in [5.41, 5.74) is 6.81. The molecule has 0 saturated heterocycles. The van der Waals surface area contributed by atoms with Crippen molar-refractivity contribution >= 4 is 81.8 Å². The highest BCUT2D eigenvalue weighted by Gasteiger charge is 2.35. The van der Waals surface area contributed by atoms with Crippen LogP contribution in [0.3, 0.4) is 0 Å². The Balaban J connectivity index is 1.18. The summed E-state index contributed by atoms with van der Waals surface area (Å²) in [6.07, 6.45) is 5.64. The number of nitrogens with one attached hydrogen (secondary N) is 1. The van der Waals surface area contributed by atoms with E-state index in [0.29, 0.717) is 0 Å². The summed E-state index contributed by atoms with van der Waals surface area (Å²) >= 11 is 3.79. The number of fused-ring (bicyclic) bond motifs is 6. The zero-order chi connectivity index (χ0) is 30.5. The molecule has 2 heterocycles. The van der Waals surface area contributed by atoms with Crippen molar-refractivity contribution in [1.82, 2.24) is 0 Å². The van der Waals surface area contributed by atoms with Crippen LogP contribution < -0.4 is 10.2 Å². The Bertz CT molecular complexity index is 2330. The first-order valence-electron chi connectivity index (χ1n) is 15.6. The van der Waals surface area contributed by atoms with Crippen LogP contribution in [-0.4, -0.2) is 0 Å². The van der Waals surface area contributed by atoms with Crippen molar-refractivity contribution in [3.05, 3.63) is 174 Å². The molecule has 0 saturated carbocycles. The van der Waals surface area contributed by atoms with Crippen LogP contribution in [0.5, 0.6) is 0 Å². The van der Waals surface area contributed by atoms with Gasteiger partial charge in [-0.05, 0) is 83.9 Å². The van der Waals surface area contributed by atoms with Gasteiger partial charge in [0.25, 0.3) is 0 Å². The Kier molecular flexibility index (Phi) is 6.51. The molecule has 0 spiro atoms. The van der Waals surface area contributed by atoms with E-state index in [-0.39, 0.29) is 5.54 Å². The minimum atomic E-state index is -0.380. The maximum atomic E-state index is 3.99. The van der Waals surface area contributed by atoms with Gasteiger partial charge in [0.15, 0.2) is 0 Å². The molecule has 46 heavy (non-hydrogen) atoms. The summed E-state index contributed by atoms with van der Waals surface area (Å²) in [6.45, 7) is 0. The van der Waals surface area contributed by atoms with Gasteiger partial charge in [0.2, 0.25) is 0 Å². The van der Waals surface area contributed by atoms with E-state index in [1.54, 1.807) is 0 Å². The number of benzene rings is 6. The SMILES string of the molecule is C1=CC(Nc2ccccc2)(c2ccc3sc4ccccc4c3c2)Cc2sc3ccc(N(c4ccccc4)c4ccccc4)cc3c21. The van der Waals surface area contributed by atoms with Crippen LogP contribution in [-0.2, 0) is 12.0 Å². The molecule has 1 unspecified atom stereocenters. The molecule has 8 aromatic rings. The van der Waals surface area contributed by atoms with Crippen LogP contribution in [0.4, 0.5) is 22.7 Å². The molecule has 0 radical (unpaired) electrons. The molecule has 1 N–H and O–H groups in total. The van der Waals surface area contributed by atoms with Crippen molar-refractivity contribution < 1.29 is 0 Å². The van der Waals surface area contributed by atoms with E-state index in [1.165, 1.54) is 46.3 Å². The molecule has 1 atom stereocenters. The Labute approximate surface area is 276 Å². The fourth-order valence-corrected chi connectivity index (χ4v) is 9.24. The lowest BCUT2D eigenvalue weighted by atomic mass is 9.80. The van der Waals surface area contributed by atoms with Crippen molar-refractivity contribution in [1.29, 1.82) is 0 Å². The average Bonchev–Trinajstić information content (AvgIpc) is 3.67. The molecule has 0 aliphatic heterocycles. The predicted octanol–water partition coefficient (Wildman–Crippen LogP) is 12.3. The topological polar surface area (TPSA) is 15.3 Å². The molecule has 0 bridgehead atoms. The van der Waals surface area contributed by atoms with Crippen molar-refractivity contribution in [2.45, 2.75) is 12.0 Å². The Morgan fingerprint density at radius 2 is 1.15 bits per heavy atom. The second kappa shape index (κ2) is 11.0. The van der Waals surface area contributed by atoms with Crippen molar-refractivity contribution in [3.8, 4) is 0 Å². The Hall–Kier alpha value is -5.16. The number of rotatable bonds is 6. The molecular formula is C42H30N2S2. The molecule has 4 heteroatoms. The fraction of sp³-hybridized carbons (Fsp3) is 0.0476. The van der Waals surface area contributed by atoms with E-state index in [1.807, 2.05) is 22.7 Å². The maximum Gasteiger partial charge on any atom is 0.0861 e. The molecule has 1 aliphatic rings. The number of nitrogens with zero attached hydrogens (tertiary/aromatic N) is 1. The number of hydrogen-bond acceptors (Lipinski definition) is 4. The van der Waals surface area contributed by atoms with E-state index in [0.717, 1.165) is 29.2 Å². The number of thiophene rings is 2. The number of anilines is 4. The summed E-state index contributed by atoms with van der Waals surface area (Å²) in [5, 5.41) is 7.95. The van der Waals surface area contributed by atoms with Gasteiger partial charge in [-0.25, -0.2) is 0 Å². The summed E-state index contributed by atoms with van der Waals surface area (Å²) in [5.74, 6) is 0. The van der Waals surface area contributed by atoms with Gasteiger partial charge in [0.05, 0.1) is 5.54 Å². The molecule has 1 aliphatic carbocycles. The second-order valence-corrected chi connectivity index (χ2v) is 14.1. The normalized spacial score (nSPS) is 15.7. The summed E-state index contributed by atoms with van der Waals surface area (Å²) in [4.78, 5) is 3.75. The summed E-state index contributed by atoms with van der Waals surface area (Å²) in [6, 6.07) is 54.7. The van der Waals surface area contributed by atoms with Gasteiger partial charge in [-0.3, -0.25) is 0 Å². The van der Waals surface area contributed by atoms with Gasteiger partial charge < -0.3 is 10.2 Å². The highest BCUT2D eigenvalue weighted by molar-refractivity contribution is 7.25. The third kappa shape index (κ3) is 4.61. The first-order chi connectivity index (χ1) is 22.7. The van der Waals surface area contributed by atoms with Crippen molar-refractivity contribution in [2.75, 3.05) is 10.2 Å². The quantitative estimate of drug-likeness (QED) is 0.198. The molecule has 6 aromatic carbocycles. The van der Waals surface area contributed by atoms with Crippen molar-refractivity contribution in [2.24, 2.45) is 0 Å². The molecule has 220 valence electrons. The Morgan fingerprint density at radius 3 is 1.91 bits per heavy atom. The zero-order valence-corrected chi connectivity index (χ0v) is 26.7. The lowest BCUT2D eigenvalue weighted by Crippen LogP contribution is -2.37. The van der Waals surface area contributed by atoms with Gasteiger partial charge in [0, 0.05) is 64.3 Å². The Morgan fingerprint density at radius 1 is 0.522 bits per heavy atom. The van der Waals surface area contributed by atoms with Gasteiger partial charge >= 0.3 is 0 Å². The van der Waals surface area contributed by atoms with Gasteiger partial charge in [-0.2, -0.15) is 0 Å². The van der Waals surface area contributed by atoms with Crippen LogP contribution in [0, 0.1) is 0 Å². The van der Waals surface area contributed by atoms with Gasteiger partial charge in [0.1, 0.15) is 0 Å². The standard InChI is InChI=1S/C42H30N2S2/c1-4-12-30(13-5-1)43-42(29-20-22-39-36(26-29)34-18-10-11-19-38(34)45-39)25-24-35-37-27-33(21-23-40(37)46-41(35)28-42)44(31-14-6-2-7-15-31)32-16-8-3-9-17-32/h1-27,43H,28H2. The van der Waals surface area contributed by atoms with E-state index >= 15 is 0 Å². The van der Waals surface area contributed by atoms with Crippen LogP contribution >= 0.6 is 22.7 Å². The number of hydrogen-bond donors (Lipinski definition) is 1. The van der Waals surface area contributed by atoms with E-state index in [4.69, 9.17) is 0 Å². The molecule has 9 rings (SSSR count). The van der Waals surface area contributed by atoms with Crippen LogP contribution in [0.25, 0.3) is 36.3 Å². The van der Waals surface area contributed by atoms with Crippen LogP contribution in [0.15, 0.2) is 158 Å². The van der Waals surface area contributed by atoms with E-state index in [2.05, 4.69) is 174 Å². The monoisotopic (exact) mass is 626 g/mol. The van der Waals surface area contributed by atoms with Crippen LogP contribution in [0.1, 0.15) is 16.0 Å². The highest BCUT2D eigenvalue weighted by atomic mass is 32.1. The minimum Gasteiger partial charge on any atom is -0.372 e. The summed E-state index contributed by atoms with van der Waals surface area (Å²) < 4.78 is 3.98. The number of para-hydroxylation sites is 3. The third-order valence-corrected chi connectivity index (χ3v) is 11.4. The van der Waals surface area contributed by atoms with E-state index < -0.39 is 0 Å². The zero-order valence-electron chi connectivity index (χ0n) is 25.1. The molecule has 0 amide bonds. The minimum absolute atomic E-state index is 0.380.